The molecule has 0 bridgehead atoms. The minimum atomic E-state index is -0.658. The van der Waals surface area contributed by atoms with E-state index in [0.717, 1.165) is 42.8 Å². The fourth-order valence-corrected chi connectivity index (χ4v) is 4.51. The third kappa shape index (κ3) is 4.93. The molecule has 0 radical (unpaired) electrons. The van der Waals surface area contributed by atoms with Crippen LogP contribution in [0, 0.1) is 5.92 Å². The normalized spacial score (nSPS) is 18.9. The zero-order chi connectivity index (χ0) is 23.5. The number of carbonyl (C=O) groups is 1. The molecule has 2 atom stereocenters. The van der Waals surface area contributed by atoms with Crippen LogP contribution in [-0.2, 0) is 11.3 Å². The van der Waals surface area contributed by atoms with Crippen LogP contribution in [0.4, 0.5) is 5.82 Å². The van der Waals surface area contributed by atoms with Gasteiger partial charge in [0.25, 0.3) is 5.91 Å². The van der Waals surface area contributed by atoms with Crippen LogP contribution < -0.4 is 20.1 Å². The highest BCUT2D eigenvalue weighted by Crippen LogP contribution is 2.27. The second-order valence-corrected chi connectivity index (χ2v) is 8.67. The molecule has 0 unspecified atom stereocenters. The fourth-order valence-electron chi connectivity index (χ4n) is 4.51. The number of nitrogens with zero attached hydrogens (tertiary/aromatic N) is 4. The summed E-state index contributed by atoms with van der Waals surface area (Å²) < 4.78 is 10.6. The van der Waals surface area contributed by atoms with E-state index in [1.165, 1.54) is 0 Å². The van der Waals surface area contributed by atoms with E-state index < -0.39 is 6.10 Å². The Kier molecular flexibility index (Phi) is 6.52. The first kappa shape index (κ1) is 22.5. The van der Waals surface area contributed by atoms with Crippen LogP contribution in [0.15, 0.2) is 36.5 Å². The minimum Gasteiger partial charge on any atom is -0.481 e. The van der Waals surface area contributed by atoms with Crippen LogP contribution in [0.5, 0.6) is 11.6 Å². The number of carbonyl (C=O) groups excluding carboxylic acids is 1. The lowest BCUT2D eigenvalue weighted by Gasteiger charge is -2.21. The molecule has 0 aromatic carbocycles. The predicted octanol–water partition coefficient (Wildman–Crippen LogP) is 1.51. The summed E-state index contributed by atoms with van der Waals surface area (Å²) in [6.07, 6.45) is 2.11. The standard InChI is InChI=1S/C24H28N6O4/c1-33-22-5-3-18-23(29-22)17(6-8-26-18)19(31)13-30-9-7-15(12-30)10-25-11-16-2-4-20-24(27-16)28-21(32)14-34-20/h2-6,8,15,19,25,31H,7,9-14H2,1H3,(H,27,28,32)/t15-,19-/m0/s1. The molecule has 34 heavy (non-hydrogen) atoms. The third-order valence-electron chi connectivity index (χ3n) is 6.23. The molecule has 5 heterocycles. The number of fused-ring (bicyclic) bond motifs is 2. The van der Waals surface area contributed by atoms with Gasteiger partial charge in [-0.2, -0.15) is 0 Å². The zero-order valence-electron chi connectivity index (χ0n) is 19.0. The van der Waals surface area contributed by atoms with Crippen LogP contribution in [0.2, 0.25) is 0 Å². The van der Waals surface area contributed by atoms with Gasteiger partial charge in [0, 0.05) is 37.5 Å². The molecule has 0 spiro atoms. The number of hydrogen-bond acceptors (Lipinski definition) is 9. The predicted molar refractivity (Wildman–Crippen MR) is 126 cm³/mol. The second kappa shape index (κ2) is 9.88. The molecular formula is C24H28N6O4. The molecule has 0 aliphatic carbocycles. The van der Waals surface area contributed by atoms with Gasteiger partial charge in [-0.3, -0.25) is 9.78 Å². The number of aliphatic hydroxyl groups excluding tert-OH is 1. The van der Waals surface area contributed by atoms with Crippen molar-refractivity contribution >= 4 is 22.8 Å². The van der Waals surface area contributed by atoms with Crippen LogP contribution in [0.25, 0.3) is 11.0 Å². The monoisotopic (exact) mass is 464 g/mol. The number of pyridine rings is 3. The topological polar surface area (TPSA) is 122 Å². The fraction of sp³-hybridized carbons (Fsp3) is 0.417. The highest BCUT2D eigenvalue weighted by atomic mass is 16.5. The van der Waals surface area contributed by atoms with Gasteiger partial charge in [0.05, 0.1) is 29.9 Å². The Bertz CT molecular complexity index is 1190. The van der Waals surface area contributed by atoms with Gasteiger partial charge in [0.2, 0.25) is 5.88 Å². The molecule has 1 amide bonds. The Morgan fingerprint density at radius 1 is 1.29 bits per heavy atom. The second-order valence-electron chi connectivity index (χ2n) is 8.67. The van der Waals surface area contributed by atoms with Crippen molar-refractivity contribution in [3.05, 3.63) is 47.8 Å². The number of aliphatic hydroxyl groups is 1. The molecule has 3 aromatic rings. The van der Waals surface area contributed by atoms with Crippen LogP contribution in [0.1, 0.15) is 23.8 Å². The Labute approximate surface area is 197 Å². The quantitative estimate of drug-likeness (QED) is 0.455. The maximum absolute atomic E-state index is 11.5. The van der Waals surface area contributed by atoms with Gasteiger partial charge >= 0.3 is 0 Å². The molecule has 5 rings (SSSR count). The van der Waals surface area contributed by atoms with E-state index in [1.54, 1.807) is 19.4 Å². The molecule has 1 saturated heterocycles. The molecule has 0 saturated carbocycles. The van der Waals surface area contributed by atoms with Crippen molar-refractivity contribution in [2.45, 2.75) is 19.1 Å². The number of anilines is 1. The average Bonchev–Trinajstić information content (AvgIpc) is 3.30. The van der Waals surface area contributed by atoms with E-state index in [4.69, 9.17) is 9.47 Å². The Morgan fingerprint density at radius 2 is 2.21 bits per heavy atom. The zero-order valence-corrected chi connectivity index (χ0v) is 19.0. The highest BCUT2D eigenvalue weighted by molar-refractivity contribution is 5.94. The van der Waals surface area contributed by atoms with Crippen molar-refractivity contribution in [1.29, 1.82) is 0 Å². The van der Waals surface area contributed by atoms with E-state index in [9.17, 15) is 9.90 Å². The summed E-state index contributed by atoms with van der Waals surface area (Å²) in [6, 6.07) is 9.20. The average molecular weight is 465 g/mol. The first-order valence-corrected chi connectivity index (χ1v) is 11.4. The number of hydrogen-bond donors (Lipinski definition) is 3. The molecule has 3 N–H and O–H groups in total. The first-order valence-electron chi connectivity index (χ1n) is 11.4. The van der Waals surface area contributed by atoms with Gasteiger partial charge in [0.15, 0.2) is 18.2 Å². The highest BCUT2D eigenvalue weighted by Gasteiger charge is 2.25. The summed E-state index contributed by atoms with van der Waals surface area (Å²) in [4.78, 5) is 27.1. The summed E-state index contributed by atoms with van der Waals surface area (Å²) in [5.41, 5.74) is 3.02. The largest absolute Gasteiger partial charge is 0.481 e. The number of nitrogens with one attached hydrogen (secondary N) is 2. The van der Waals surface area contributed by atoms with Crippen molar-refractivity contribution in [3.8, 4) is 11.6 Å². The summed E-state index contributed by atoms with van der Waals surface area (Å²) in [5.74, 6) is 1.88. The lowest BCUT2D eigenvalue weighted by atomic mass is 10.1. The Morgan fingerprint density at radius 3 is 3.09 bits per heavy atom. The number of rotatable bonds is 8. The van der Waals surface area contributed by atoms with Crippen molar-refractivity contribution in [2.24, 2.45) is 5.92 Å². The van der Waals surface area contributed by atoms with E-state index in [1.807, 2.05) is 24.3 Å². The van der Waals surface area contributed by atoms with Crippen molar-refractivity contribution in [2.75, 3.05) is 45.2 Å². The molecule has 10 nitrogen and oxygen atoms in total. The smallest absolute Gasteiger partial charge is 0.263 e. The van der Waals surface area contributed by atoms with Gasteiger partial charge in [-0.05, 0) is 49.7 Å². The van der Waals surface area contributed by atoms with Crippen LogP contribution in [0.3, 0.4) is 0 Å². The van der Waals surface area contributed by atoms with E-state index in [-0.39, 0.29) is 12.5 Å². The minimum absolute atomic E-state index is 0.0290. The van der Waals surface area contributed by atoms with Gasteiger partial charge in [0.1, 0.15) is 0 Å². The molecular weight excluding hydrogens is 436 g/mol. The number of likely N-dealkylation sites (tertiary alicyclic amines) is 1. The molecule has 3 aromatic heterocycles. The molecule has 2 aliphatic heterocycles. The molecule has 178 valence electrons. The first-order chi connectivity index (χ1) is 16.6. The van der Waals surface area contributed by atoms with E-state index in [0.29, 0.717) is 42.0 Å². The van der Waals surface area contributed by atoms with Gasteiger partial charge in [-0.15, -0.1) is 0 Å². The number of ether oxygens (including phenoxy) is 2. The Balaban J connectivity index is 1.13. The number of methoxy groups -OCH3 is 1. The van der Waals surface area contributed by atoms with Crippen LogP contribution in [-0.4, -0.2) is 70.8 Å². The molecule has 1 fully saturated rings. The summed E-state index contributed by atoms with van der Waals surface area (Å²) in [6.45, 7) is 3.88. The van der Waals surface area contributed by atoms with Crippen molar-refractivity contribution in [3.63, 3.8) is 0 Å². The maximum Gasteiger partial charge on any atom is 0.263 e. The summed E-state index contributed by atoms with van der Waals surface area (Å²) in [7, 11) is 1.58. The maximum atomic E-state index is 11.5. The number of aromatic nitrogens is 3. The SMILES string of the molecule is COc1ccc2nccc([C@@H](O)CN3CC[C@@H](CNCc4ccc5c(n4)NC(=O)CO5)C3)c2n1. The van der Waals surface area contributed by atoms with Crippen LogP contribution >= 0.6 is 0 Å². The van der Waals surface area contributed by atoms with Crippen molar-refractivity contribution in [1.82, 2.24) is 25.2 Å². The van der Waals surface area contributed by atoms with Crippen molar-refractivity contribution < 1.29 is 19.4 Å². The van der Waals surface area contributed by atoms with Gasteiger partial charge in [-0.25, -0.2) is 9.97 Å². The number of β-amino-alcohol motifs (C(OH)–C–C–N with tert-alkyl or cyclic N) is 1. The van der Waals surface area contributed by atoms with E-state index >= 15 is 0 Å². The summed E-state index contributed by atoms with van der Waals surface area (Å²) >= 11 is 0. The third-order valence-corrected chi connectivity index (χ3v) is 6.23. The lowest BCUT2D eigenvalue weighted by molar-refractivity contribution is -0.118. The Hall–Kier alpha value is -3.34. The van der Waals surface area contributed by atoms with Gasteiger partial charge in [-0.1, -0.05) is 0 Å². The lowest BCUT2D eigenvalue weighted by Crippen LogP contribution is -2.29. The number of amides is 1. The molecule has 10 heteroatoms. The molecule has 2 aliphatic rings. The van der Waals surface area contributed by atoms with Gasteiger partial charge < -0.3 is 30.1 Å². The van der Waals surface area contributed by atoms with E-state index in [2.05, 4.69) is 30.5 Å². The summed E-state index contributed by atoms with van der Waals surface area (Å²) in [5, 5.41) is 17.2.